The Morgan fingerprint density at radius 1 is 1.13 bits per heavy atom. The Hall–Kier alpha value is -2.85. The second-order valence-corrected chi connectivity index (χ2v) is 7.78. The number of benzene rings is 1. The second kappa shape index (κ2) is 11.4. The first-order valence-corrected chi connectivity index (χ1v) is 10.7. The molecule has 0 bridgehead atoms. The van der Waals surface area contributed by atoms with E-state index in [9.17, 15) is 14.9 Å². The SMILES string of the molecule is N#CC(=Cc1ccc(OCC(=O)NCC2CCCO2)cc1)C(=O)NC1CCCCC1. The Kier molecular flexibility index (Phi) is 8.28. The van der Waals surface area contributed by atoms with Crippen LogP contribution in [0.5, 0.6) is 5.75 Å². The Bertz CT molecular complexity index is 786. The first-order chi connectivity index (χ1) is 14.6. The number of ether oxygens (including phenoxy) is 2. The van der Waals surface area contributed by atoms with Crippen molar-refractivity contribution in [2.24, 2.45) is 0 Å². The smallest absolute Gasteiger partial charge is 0.262 e. The van der Waals surface area contributed by atoms with E-state index in [1.165, 1.54) is 6.42 Å². The van der Waals surface area contributed by atoms with Crippen LogP contribution < -0.4 is 15.4 Å². The molecule has 30 heavy (non-hydrogen) atoms. The number of carbonyl (C=O) groups excluding carboxylic acids is 2. The van der Waals surface area contributed by atoms with E-state index < -0.39 is 0 Å². The summed E-state index contributed by atoms with van der Waals surface area (Å²) >= 11 is 0. The summed E-state index contributed by atoms with van der Waals surface area (Å²) in [4.78, 5) is 24.2. The molecule has 0 radical (unpaired) electrons. The van der Waals surface area contributed by atoms with Crippen molar-refractivity contribution in [3.8, 4) is 11.8 Å². The molecular formula is C23H29N3O4. The molecule has 1 heterocycles. The van der Waals surface area contributed by atoms with Gasteiger partial charge in [0.2, 0.25) is 0 Å². The number of hydrogen-bond acceptors (Lipinski definition) is 5. The summed E-state index contributed by atoms with van der Waals surface area (Å²) in [5.41, 5.74) is 0.809. The van der Waals surface area contributed by atoms with Crippen LogP contribution in [0.3, 0.4) is 0 Å². The van der Waals surface area contributed by atoms with Gasteiger partial charge in [-0.1, -0.05) is 31.4 Å². The fraction of sp³-hybridized carbons (Fsp3) is 0.522. The van der Waals surface area contributed by atoms with E-state index in [-0.39, 0.29) is 36.1 Å². The summed E-state index contributed by atoms with van der Waals surface area (Å²) in [6.45, 7) is 1.19. The Balaban J connectivity index is 1.46. The average molecular weight is 412 g/mol. The van der Waals surface area contributed by atoms with Crippen molar-refractivity contribution in [2.45, 2.75) is 57.1 Å². The number of nitrogens with one attached hydrogen (secondary N) is 2. The fourth-order valence-electron chi connectivity index (χ4n) is 3.72. The van der Waals surface area contributed by atoms with E-state index in [4.69, 9.17) is 9.47 Å². The summed E-state index contributed by atoms with van der Waals surface area (Å²) in [5.74, 6) is 0.0258. The molecule has 7 nitrogen and oxygen atoms in total. The number of nitriles is 1. The predicted molar refractivity (Wildman–Crippen MR) is 113 cm³/mol. The highest BCUT2D eigenvalue weighted by Gasteiger charge is 2.18. The maximum Gasteiger partial charge on any atom is 0.262 e. The van der Waals surface area contributed by atoms with Crippen molar-refractivity contribution >= 4 is 17.9 Å². The van der Waals surface area contributed by atoms with E-state index >= 15 is 0 Å². The summed E-state index contributed by atoms with van der Waals surface area (Å²) in [5, 5.41) is 15.1. The zero-order chi connectivity index (χ0) is 21.2. The molecule has 3 rings (SSSR count). The minimum atomic E-state index is -0.326. The van der Waals surface area contributed by atoms with Gasteiger partial charge in [-0.25, -0.2) is 0 Å². The molecule has 1 aromatic carbocycles. The molecule has 1 aliphatic heterocycles. The van der Waals surface area contributed by atoms with Gasteiger partial charge in [-0.15, -0.1) is 0 Å². The van der Waals surface area contributed by atoms with Crippen molar-refractivity contribution < 1.29 is 19.1 Å². The lowest BCUT2D eigenvalue weighted by atomic mass is 9.95. The van der Waals surface area contributed by atoms with E-state index in [1.54, 1.807) is 30.3 Å². The lowest BCUT2D eigenvalue weighted by Crippen LogP contribution is -2.36. The topological polar surface area (TPSA) is 100 Å². The summed E-state index contributed by atoms with van der Waals surface area (Å²) in [7, 11) is 0. The highest BCUT2D eigenvalue weighted by molar-refractivity contribution is 6.01. The van der Waals surface area contributed by atoms with Crippen LogP contribution in [0.15, 0.2) is 29.8 Å². The van der Waals surface area contributed by atoms with Gasteiger partial charge in [0.05, 0.1) is 6.10 Å². The van der Waals surface area contributed by atoms with Crippen LogP contribution in [0.25, 0.3) is 6.08 Å². The van der Waals surface area contributed by atoms with Crippen LogP contribution in [0.2, 0.25) is 0 Å². The molecule has 2 aliphatic rings. The molecule has 0 aromatic heterocycles. The zero-order valence-corrected chi connectivity index (χ0v) is 17.2. The number of rotatable bonds is 8. The molecule has 1 atom stereocenters. The molecule has 1 saturated carbocycles. The van der Waals surface area contributed by atoms with Crippen molar-refractivity contribution in [1.82, 2.24) is 10.6 Å². The molecule has 1 unspecified atom stereocenters. The normalized spacial score (nSPS) is 19.7. The van der Waals surface area contributed by atoms with Gasteiger partial charge in [0.15, 0.2) is 6.61 Å². The Labute approximate surface area is 177 Å². The number of carbonyl (C=O) groups is 2. The summed E-state index contributed by atoms with van der Waals surface area (Å²) < 4.78 is 11.0. The molecule has 1 aliphatic carbocycles. The summed E-state index contributed by atoms with van der Waals surface area (Å²) in [6.07, 6.45) is 9.05. The van der Waals surface area contributed by atoms with Crippen molar-refractivity contribution in [3.63, 3.8) is 0 Å². The van der Waals surface area contributed by atoms with Crippen LogP contribution in [-0.2, 0) is 14.3 Å². The van der Waals surface area contributed by atoms with Gasteiger partial charge in [-0.3, -0.25) is 9.59 Å². The number of nitrogens with zero attached hydrogens (tertiary/aromatic N) is 1. The molecule has 1 saturated heterocycles. The third-order valence-corrected chi connectivity index (χ3v) is 5.42. The van der Waals surface area contributed by atoms with E-state index in [0.29, 0.717) is 12.3 Å². The lowest BCUT2D eigenvalue weighted by Gasteiger charge is -2.22. The number of amides is 2. The molecule has 7 heteroatoms. The molecule has 2 fully saturated rings. The van der Waals surface area contributed by atoms with Crippen molar-refractivity contribution in [1.29, 1.82) is 5.26 Å². The first-order valence-electron chi connectivity index (χ1n) is 10.7. The fourth-order valence-corrected chi connectivity index (χ4v) is 3.72. The van der Waals surface area contributed by atoms with Gasteiger partial charge in [0.25, 0.3) is 11.8 Å². The molecular weight excluding hydrogens is 382 g/mol. The molecule has 2 amide bonds. The van der Waals surface area contributed by atoms with E-state index in [0.717, 1.165) is 50.7 Å². The predicted octanol–water partition coefficient (Wildman–Crippen LogP) is 2.72. The average Bonchev–Trinajstić information content (AvgIpc) is 3.30. The quantitative estimate of drug-likeness (QED) is 0.506. The van der Waals surface area contributed by atoms with Gasteiger partial charge in [0, 0.05) is 19.2 Å². The van der Waals surface area contributed by atoms with Gasteiger partial charge < -0.3 is 20.1 Å². The first kappa shape index (κ1) is 21.8. The van der Waals surface area contributed by atoms with Crippen molar-refractivity contribution in [2.75, 3.05) is 19.8 Å². The second-order valence-electron chi connectivity index (χ2n) is 7.78. The third-order valence-electron chi connectivity index (χ3n) is 5.42. The summed E-state index contributed by atoms with van der Waals surface area (Å²) in [6, 6.07) is 9.08. The highest BCUT2D eigenvalue weighted by Crippen LogP contribution is 2.19. The van der Waals surface area contributed by atoms with Crippen LogP contribution in [-0.4, -0.2) is 43.7 Å². The maximum absolute atomic E-state index is 12.4. The maximum atomic E-state index is 12.4. The number of hydrogen-bond donors (Lipinski definition) is 2. The van der Waals surface area contributed by atoms with E-state index in [2.05, 4.69) is 10.6 Å². The minimum Gasteiger partial charge on any atom is -0.484 e. The molecule has 0 spiro atoms. The highest BCUT2D eigenvalue weighted by atomic mass is 16.5. The van der Waals surface area contributed by atoms with Gasteiger partial charge in [-0.05, 0) is 49.5 Å². The van der Waals surface area contributed by atoms with Crippen molar-refractivity contribution in [3.05, 3.63) is 35.4 Å². The van der Waals surface area contributed by atoms with Gasteiger partial charge in [0.1, 0.15) is 17.4 Å². The van der Waals surface area contributed by atoms with Crippen LogP contribution in [0, 0.1) is 11.3 Å². The Morgan fingerprint density at radius 2 is 1.90 bits per heavy atom. The largest absolute Gasteiger partial charge is 0.484 e. The lowest BCUT2D eigenvalue weighted by molar-refractivity contribution is -0.123. The Morgan fingerprint density at radius 3 is 2.57 bits per heavy atom. The zero-order valence-electron chi connectivity index (χ0n) is 17.2. The third kappa shape index (κ3) is 6.89. The monoisotopic (exact) mass is 411 g/mol. The van der Waals surface area contributed by atoms with Crippen LogP contribution in [0.4, 0.5) is 0 Å². The minimum absolute atomic E-state index is 0.0743. The molecule has 160 valence electrons. The van der Waals surface area contributed by atoms with E-state index in [1.807, 2.05) is 6.07 Å². The molecule has 2 N–H and O–H groups in total. The van der Waals surface area contributed by atoms with Gasteiger partial charge in [-0.2, -0.15) is 5.26 Å². The van der Waals surface area contributed by atoms with Gasteiger partial charge >= 0.3 is 0 Å². The van der Waals surface area contributed by atoms with Crippen LogP contribution in [0.1, 0.15) is 50.5 Å². The molecule has 1 aromatic rings. The van der Waals surface area contributed by atoms with Crippen LogP contribution >= 0.6 is 0 Å². The standard InChI is InChI=1S/C23H29N3O4/c24-14-18(23(28)26-19-5-2-1-3-6-19)13-17-8-10-20(11-9-17)30-16-22(27)25-15-21-7-4-12-29-21/h8-11,13,19,21H,1-7,12,15-16H2,(H,25,27)(H,26,28).